The molecule has 0 aromatic heterocycles. The standard InChI is InChI=1S/C16H23NO2/c1-4-9-17-16(14-6-5-10-19-14)13-8-7-12(2)11-15(13)18-3/h6-8,11,16-17H,4-5,9-10H2,1-3H3. The van der Waals surface area contributed by atoms with Gasteiger partial charge in [0.15, 0.2) is 0 Å². The summed E-state index contributed by atoms with van der Waals surface area (Å²) in [5.41, 5.74) is 2.35. The molecule has 0 bridgehead atoms. The van der Waals surface area contributed by atoms with Gasteiger partial charge in [0.2, 0.25) is 0 Å². The van der Waals surface area contributed by atoms with Crippen LogP contribution in [0.15, 0.2) is 30.0 Å². The van der Waals surface area contributed by atoms with Crippen molar-refractivity contribution in [2.45, 2.75) is 32.7 Å². The fraction of sp³-hybridized carbons (Fsp3) is 0.500. The molecule has 1 heterocycles. The van der Waals surface area contributed by atoms with Gasteiger partial charge in [0.25, 0.3) is 0 Å². The van der Waals surface area contributed by atoms with Gasteiger partial charge in [-0.3, -0.25) is 0 Å². The Morgan fingerprint density at radius 2 is 2.26 bits per heavy atom. The highest BCUT2D eigenvalue weighted by atomic mass is 16.5. The third-order valence-electron chi connectivity index (χ3n) is 3.32. The molecule has 0 spiro atoms. The quantitative estimate of drug-likeness (QED) is 0.852. The van der Waals surface area contributed by atoms with E-state index < -0.39 is 0 Å². The Balaban J connectivity index is 2.31. The maximum absolute atomic E-state index is 5.74. The van der Waals surface area contributed by atoms with E-state index in [2.05, 4.69) is 43.4 Å². The number of ether oxygens (including phenoxy) is 2. The molecule has 1 atom stereocenters. The lowest BCUT2D eigenvalue weighted by atomic mass is 10.0. The average molecular weight is 261 g/mol. The van der Waals surface area contributed by atoms with Crippen molar-refractivity contribution in [3.63, 3.8) is 0 Å². The molecule has 0 saturated heterocycles. The predicted octanol–water partition coefficient (Wildman–Crippen LogP) is 3.35. The molecule has 0 saturated carbocycles. The third-order valence-corrected chi connectivity index (χ3v) is 3.32. The van der Waals surface area contributed by atoms with Gasteiger partial charge in [0.1, 0.15) is 11.5 Å². The van der Waals surface area contributed by atoms with Crippen LogP contribution in [0.4, 0.5) is 0 Å². The first-order valence-electron chi connectivity index (χ1n) is 6.97. The van der Waals surface area contributed by atoms with Crippen LogP contribution >= 0.6 is 0 Å². The van der Waals surface area contributed by atoms with Gasteiger partial charge in [-0.15, -0.1) is 0 Å². The van der Waals surface area contributed by atoms with Crippen molar-refractivity contribution >= 4 is 0 Å². The second-order valence-electron chi connectivity index (χ2n) is 4.88. The van der Waals surface area contributed by atoms with Crippen LogP contribution in [0.3, 0.4) is 0 Å². The third kappa shape index (κ3) is 3.29. The highest BCUT2D eigenvalue weighted by Gasteiger charge is 2.23. The Bertz CT molecular complexity index is 454. The molecule has 1 unspecified atom stereocenters. The molecular formula is C16H23NO2. The van der Waals surface area contributed by atoms with Gasteiger partial charge >= 0.3 is 0 Å². The van der Waals surface area contributed by atoms with E-state index in [1.807, 2.05) is 0 Å². The molecule has 0 aliphatic carbocycles. The molecule has 1 aliphatic rings. The molecule has 0 fully saturated rings. The summed E-state index contributed by atoms with van der Waals surface area (Å²) >= 11 is 0. The number of hydrogen-bond donors (Lipinski definition) is 1. The molecule has 1 N–H and O–H groups in total. The summed E-state index contributed by atoms with van der Waals surface area (Å²) in [6.07, 6.45) is 4.26. The molecule has 1 aliphatic heterocycles. The summed E-state index contributed by atoms with van der Waals surface area (Å²) in [5, 5.41) is 3.55. The van der Waals surface area contributed by atoms with Gasteiger partial charge in [-0.05, 0) is 37.6 Å². The number of rotatable bonds is 6. The van der Waals surface area contributed by atoms with E-state index in [1.54, 1.807) is 7.11 Å². The Kier molecular flexibility index (Phi) is 4.86. The minimum atomic E-state index is 0.0954. The topological polar surface area (TPSA) is 30.5 Å². The van der Waals surface area contributed by atoms with Crippen LogP contribution < -0.4 is 10.1 Å². The number of benzene rings is 1. The van der Waals surface area contributed by atoms with E-state index in [4.69, 9.17) is 9.47 Å². The van der Waals surface area contributed by atoms with Crippen LogP contribution in [-0.2, 0) is 4.74 Å². The van der Waals surface area contributed by atoms with E-state index in [0.717, 1.165) is 43.1 Å². The lowest BCUT2D eigenvalue weighted by Crippen LogP contribution is -2.24. The first kappa shape index (κ1) is 13.9. The number of hydrogen-bond acceptors (Lipinski definition) is 3. The summed E-state index contributed by atoms with van der Waals surface area (Å²) < 4.78 is 11.3. The van der Waals surface area contributed by atoms with Gasteiger partial charge in [0, 0.05) is 12.0 Å². The zero-order chi connectivity index (χ0) is 13.7. The van der Waals surface area contributed by atoms with Gasteiger partial charge in [0.05, 0.1) is 19.8 Å². The van der Waals surface area contributed by atoms with Crippen molar-refractivity contribution in [3.05, 3.63) is 41.2 Å². The smallest absolute Gasteiger partial charge is 0.124 e. The van der Waals surface area contributed by atoms with E-state index in [-0.39, 0.29) is 6.04 Å². The second-order valence-corrected chi connectivity index (χ2v) is 4.88. The second kappa shape index (κ2) is 6.62. The molecule has 1 aromatic carbocycles. The minimum absolute atomic E-state index is 0.0954. The van der Waals surface area contributed by atoms with E-state index >= 15 is 0 Å². The first-order chi connectivity index (χ1) is 9.26. The summed E-state index contributed by atoms with van der Waals surface area (Å²) in [6.45, 7) is 5.99. The van der Waals surface area contributed by atoms with Crippen molar-refractivity contribution in [3.8, 4) is 5.75 Å². The molecule has 1 aromatic rings. The normalized spacial score (nSPS) is 15.8. The Morgan fingerprint density at radius 3 is 2.89 bits per heavy atom. The fourth-order valence-corrected chi connectivity index (χ4v) is 2.35. The molecular weight excluding hydrogens is 238 g/mol. The number of methoxy groups -OCH3 is 1. The highest BCUT2D eigenvalue weighted by Crippen LogP contribution is 2.33. The van der Waals surface area contributed by atoms with Crippen molar-refractivity contribution < 1.29 is 9.47 Å². The molecule has 0 radical (unpaired) electrons. The van der Waals surface area contributed by atoms with Gasteiger partial charge in [-0.2, -0.15) is 0 Å². The van der Waals surface area contributed by atoms with Crippen LogP contribution in [0.5, 0.6) is 5.75 Å². The van der Waals surface area contributed by atoms with Gasteiger partial charge in [-0.25, -0.2) is 0 Å². The summed E-state index contributed by atoms with van der Waals surface area (Å²) in [4.78, 5) is 0. The fourth-order valence-electron chi connectivity index (χ4n) is 2.35. The van der Waals surface area contributed by atoms with E-state index in [0.29, 0.717) is 0 Å². The monoisotopic (exact) mass is 261 g/mol. The molecule has 3 heteroatoms. The maximum Gasteiger partial charge on any atom is 0.124 e. The lowest BCUT2D eigenvalue weighted by Gasteiger charge is -2.22. The summed E-state index contributed by atoms with van der Waals surface area (Å²) in [6, 6.07) is 6.42. The first-order valence-corrected chi connectivity index (χ1v) is 6.97. The summed E-state index contributed by atoms with van der Waals surface area (Å²) in [5.74, 6) is 1.95. The van der Waals surface area contributed by atoms with E-state index in [1.165, 1.54) is 5.56 Å². The highest BCUT2D eigenvalue weighted by molar-refractivity contribution is 5.42. The van der Waals surface area contributed by atoms with Crippen LogP contribution in [0.1, 0.15) is 36.9 Å². The summed E-state index contributed by atoms with van der Waals surface area (Å²) in [7, 11) is 1.72. The zero-order valence-electron chi connectivity index (χ0n) is 12.0. The van der Waals surface area contributed by atoms with Gasteiger partial charge in [-0.1, -0.05) is 19.1 Å². The Labute approximate surface area is 115 Å². The minimum Gasteiger partial charge on any atom is -0.496 e. The van der Waals surface area contributed by atoms with Crippen LogP contribution in [0.2, 0.25) is 0 Å². The van der Waals surface area contributed by atoms with Crippen LogP contribution in [0, 0.1) is 6.92 Å². The van der Waals surface area contributed by atoms with Gasteiger partial charge < -0.3 is 14.8 Å². The molecule has 19 heavy (non-hydrogen) atoms. The van der Waals surface area contributed by atoms with Crippen LogP contribution in [0.25, 0.3) is 0 Å². The SMILES string of the molecule is CCCNC(C1=CCCO1)c1ccc(C)cc1OC. The Hall–Kier alpha value is -1.48. The molecule has 3 nitrogen and oxygen atoms in total. The largest absolute Gasteiger partial charge is 0.496 e. The Morgan fingerprint density at radius 1 is 1.42 bits per heavy atom. The number of nitrogens with one attached hydrogen (secondary N) is 1. The van der Waals surface area contributed by atoms with Crippen molar-refractivity contribution in [1.82, 2.24) is 5.32 Å². The predicted molar refractivity (Wildman–Crippen MR) is 77.4 cm³/mol. The van der Waals surface area contributed by atoms with Crippen molar-refractivity contribution in [1.29, 1.82) is 0 Å². The van der Waals surface area contributed by atoms with E-state index in [9.17, 15) is 0 Å². The van der Waals surface area contributed by atoms with Crippen LogP contribution in [-0.4, -0.2) is 20.3 Å². The molecule has 104 valence electrons. The average Bonchev–Trinajstić information content (AvgIpc) is 2.94. The van der Waals surface area contributed by atoms with Crippen molar-refractivity contribution in [2.24, 2.45) is 0 Å². The number of aryl methyl sites for hydroxylation is 1. The maximum atomic E-state index is 5.74. The van der Waals surface area contributed by atoms with Crippen molar-refractivity contribution in [2.75, 3.05) is 20.3 Å². The molecule has 2 rings (SSSR count). The molecule has 0 amide bonds. The zero-order valence-corrected chi connectivity index (χ0v) is 12.0. The lowest BCUT2D eigenvalue weighted by molar-refractivity contribution is 0.214.